The van der Waals surface area contributed by atoms with E-state index in [1.54, 1.807) is 6.08 Å². The topological polar surface area (TPSA) is 144 Å². The van der Waals surface area contributed by atoms with Gasteiger partial charge in [-0.15, -0.1) is 0 Å². The van der Waals surface area contributed by atoms with Gasteiger partial charge in [0.05, 0.1) is 32.0 Å². The van der Waals surface area contributed by atoms with Crippen LogP contribution in [0.4, 0.5) is 0 Å². The Hall–Kier alpha value is -1.73. The summed E-state index contributed by atoms with van der Waals surface area (Å²) in [5, 5.41) is 39.8. The highest BCUT2D eigenvalue weighted by Crippen LogP contribution is 2.33. The zero-order valence-corrected chi connectivity index (χ0v) is 17.4. The Balaban J connectivity index is 1.36. The van der Waals surface area contributed by atoms with Gasteiger partial charge >= 0.3 is 0 Å². The molecule has 1 aromatic rings. The van der Waals surface area contributed by atoms with Gasteiger partial charge in [0.1, 0.15) is 30.5 Å². The average Bonchev–Trinajstić information content (AvgIpc) is 2.82. The van der Waals surface area contributed by atoms with Gasteiger partial charge in [0, 0.05) is 12.0 Å². The van der Waals surface area contributed by atoms with Crippen molar-refractivity contribution in [3.63, 3.8) is 0 Å². The van der Waals surface area contributed by atoms with Crippen LogP contribution in [0.2, 0.25) is 0 Å². The summed E-state index contributed by atoms with van der Waals surface area (Å²) in [6, 6.07) is 7.33. The van der Waals surface area contributed by atoms with E-state index in [4.69, 9.17) is 23.7 Å². The molecule has 3 fully saturated rings. The fourth-order valence-electron chi connectivity index (χ4n) is 4.03. The molecular formula is C22H28O10. The first kappa shape index (κ1) is 23.4. The van der Waals surface area contributed by atoms with Gasteiger partial charge in [0.2, 0.25) is 12.1 Å². The van der Waals surface area contributed by atoms with Gasteiger partial charge in [-0.2, -0.15) is 0 Å². The fourth-order valence-corrected chi connectivity index (χ4v) is 4.03. The van der Waals surface area contributed by atoms with Gasteiger partial charge in [0.15, 0.2) is 6.29 Å². The van der Waals surface area contributed by atoms with Crippen molar-refractivity contribution in [1.82, 2.24) is 0 Å². The van der Waals surface area contributed by atoms with Crippen LogP contribution in [0, 0.1) is 0 Å². The van der Waals surface area contributed by atoms with Gasteiger partial charge in [-0.25, -0.2) is 0 Å². The van der Waals surface area contributed by atoms with Crippen molar-refractivity contribution in [2.75, 3.05) is 19.8 Å². The predicted octanol–water partition coefficient (Wildman–Crippen LogP) is -0.713. The number of benzene rings is 1. The lowest BCUT2D eigenvalue weighted by Gasteiger charge is -2.43. The number of hydrogen-bond acceptors (Lipinski definition) is 10. The number of carbonyl (C=O) groups excluding carboxylic acids is 1. The Labute approximate surface area is 184 Å². The fraction of sp³-hybridized carbons (Fsp3) is 0.591. The molecule has 3 aliphatic heterocycles. The number of fused-ring (bicyclic) bond motifs is 1. The van der Waals surface area contributed by atoms with E-state index in [0.717, 1.165) is 11.1 Å². The summed E-state index contributed by atoms with van der Waals surface area (Å²) in [7, 11) is 0. The lowest BCUT2D eigenvalue weighted by molar-refractivity contribution is -0.323. The SMILES string of the molecule is C=Cc1ccc(C2OC[C@H]3O[C@H](OCC4O[C@H](CO)C[C@H](O)C4O)C(=O)[C@@H](O)[C@@H]3O2)cc1. The zero-order chi connectivity index (χ0) is 22.8. The molecule has 0 radical (unpaired) electrons. The molecule has 0 amide bonds. The van der Waals surface area contributed by atoms with Crippen LogP contribution in [-0.2, 0) is 28.5 Å². The molecule has 0 bridgehead atoms. The van der Waals surface area contributed by atoms with E-state index < -0.39 is 61.1 Å². The van der Waals surface area contributed by atoms with E-state index in [9.17, 15) is 25.2 Å². The average molecular weight is 452 g/mol. The number of aliphatic hydroxyl groups excluding tert-OH is 4. The molecule has 4 rings (SSSR count). The summed E-state index contributed by atoms with van der Waals surface area (Å²) in [6.07, 6.45) is -7.52. The lowest BCUT2D eigenvalue weighted by atomic mass is 9.98. The monoisotopic (exact) mass is 452 g/mol. The van der Waals surface area contributed by atoms with Crippen molar-refractivity contribution in [3.05, 3.63) is 42.0 Å². The quantitative estimate of drug-likeness (QED) is 0.437. The molecule has 176 valence electrons. The van der Waals surface area contributed by atoms with E-state index in [0.29, 0.717) is 0 Å². The smallest absolute Gasteiger partial charge is 0.221 e. The van der Waals surface area contributed by atoms with Crippen molar-refractivity contribution in [2.24, 2.45) is 0 Å². The van der Waals surface area contributed by atoms with E-state index in [2.05, 4.69) is 6.58 Å². The Morgan fingerprint density at radius 1 is 1.12 bits per heavy atom. The molecule has 10 nitrogen and oxygen atoms in total. The summed E-state index contributed by atoms with van der Waals surface area (Å²) in [4.78, 5) is 12.6. The maximum absolute atomic E-state index is 12.6. The summed E-state index contributed by atoms with van der Waals surface area (Å²) in [6.45, 7) is 3.16. The summed E-state index contributed by atoms with van der Waals surface area (Å²) in [5.41, 5.74) is 1.66. The highest BCUT2D eigenvalue weighted by molar-refractivity contribution is 5.87. The molecule has 1 aromatic carbocycles. The molecule has 32 heavy (non-hydrogen) atoms. The van der Waals surface area contributed by atoms with Crippen molar-refractivity contribution >= 4 is 11.9 Å². The van der Waals surface area contributed by atoms with Crippen LogP contribution in [-0.4, -0.2) is 95.0 Å². The first-order valence-electron chi connectivity index (χ1n) is 10.5. The van der Waals surface area contributed by atoms with Crippen molar-refractivity contribution < 1.29 is 48.9 Å². The van der Waals surface area contributed by atoms with E-state index in [1.807, 2.05) is 24.3 Å². The van der Waals surface area contributed by atoms with Gasteiger partial charge in [-0.05, 0) is 5.56 Å². The van der Waals surface area contributed by atoms with Crippen LogP contribution < -0.4 is 0 Å². The van der Waals surface area contributed by atoms with Crippen LogP contribution in [0.25, 0.3) is 6.08 Å². The normalized spacial score (nSPS) is 40.0. The zero-order valence-electron chi connectivity index (χ0n) is 17.4. The number of ketones is 1. The first-order valence-corrected chi connectivity index (χ1v) is 10.5. The number of aliphatic hydroxyl groups is 4. The van der Waals surface area contributed by atoms with E-state index in [-0.39, 0.29) is 26.2 Å². The van der Waals surface area contributed by atoms with Crippen LogP contribution in [0.3, 0.4) is 0 Å². The molecular weight excluding hydrogens is 424 g/mol. The molecule has 3 unspecified atom stereocenters. The van der Waals surface area contributed by atoms with Crippen LogP contribution in [0.1, 0.15) is 23.8 Å². The van der Waals surface area contributed by atoms with Crippen LogP contribution >= 0.6 is 0 Å². The number of ether oxygens (including phenoxy) is 5. The minimum absolute atomic E-state index is 0.0661. The third-order valence-corrected chi connectivity index (χ3v) is 5.90. The molecule has 0 saturated carbocycles. The van der Waals surface area contributed by atoms with Crippen molar-refractivity contribution in [3.8, 4) is 0 Å². The maximum Gasteiger partial charge on any atom is 0.221 e. The van der Waals surface area contributed by atoms with Crippen molar-refractivity contribution in [2.45, 2.75) is 61.7 Å². The largest absolute Gasteiger partial charge is 0.394 e. The lowest BCUT2D eigenvalue weighted by Crippen LogP contribution is -2.61. The number of rotatable bonds is 6. The molecule has 9 atom stereocenters. The number of Topliss-reactive ketones (excluding diaryl/α,β-unsaturated/α-hetero) is 1. The molecule has 3 heterocycles. The molecule has 3 aliphatic rings. The van der Waals surface area contributed by atoms with E-state index in [1.165, 1.54) is 0 Å². The highest BCUT2D eigenvalue weighted by Gasteiger charge is 2.49. The summed E-state index contributed by atoms with van der Waals surface area (Å²) >= 11 is 0. The summed E-state index contributed by atoms with van der Waals surface area (Å²) in [5.74, 6) is -0.724. The Morgan fingerprint density at radius 3 is 2.56 bits per heavy atom. The second kappa shape index (κ2) is 10.0. The maximum atomic E-state index is 12.6. The predicted molar refractivity (Wildman–Crippen MR) is 108 cm³/mol. The molecule has 4 N–H and O–H groups in total. The first-order chi connectivity index (χ1) is 15.4. The van der Waals surface area contributed by atoms with Gasteiger partial charge in [0.25, 0.3) is 0 Å². The minimum Gasteiger partial charge on any atom is -0.394 e. The standard InChI is InChI=1S/C22H28O10/c1-2-11-3-5-12(6-4-11)21-28-10-16-20(32-21)18(26)19(27)22(31-16)29-9-15-17(25)14(24)7-13(8-23)30-15/h2-6,13-18,20-26H,1,7-10H2/t13-,14-,15?,16+,17?,18+,20+,21?,22-/m0/s1. The number of hydrogen-bond donors (Lipinski definition) is 4. The van der Waals surface area contributed by atoms with Gasteiger partial charge in [-0.1, -0.05) is 36.9 Å². The van der Waals surface area contributed by atoms with Crippen LogP contribution in [0.15, 0.2) is 30.8 Å². The van der Waals surface area contributed by atoms with E-state index >= 15 is 0 Å². The molecule has 0 aliphatic carbocycles. The highest BCUT2D eigenvalue weighted by atomic mass is 16.7. The summed E-state index contributed by atoms with van der Waals surface area (Å²) < 4.78 is 28.1. The third kappa shape index (κ3) is 4.79. The Bertz CT molecular complexity index is 798. The van der Waals surface area contributed by atoms with Crippen LogP contribution in [0.5, 0.6) is 0 Å². The Kier molecular flexibility index (Phi) is 7.35. The molecule has 0 spiro atoms. The molecule has 3 saturated heterocycles. The molecule has 0 aromatic heterocycles. The van der Waals surface area contributed by atoms with Crippen molar-refractivity contribution in [1.29, 1.82) is 0 Å². The number of carbonyl (C=O) groups is 1. The minimum atomic E-state index is -1.49. The second-order valence-electron chi connectivity index (χ2n) is 8.10. The third-order valence-electron chi connectivity index (χ3n) is 5.90. The second-order valence-corrected chi connectivity index (χ2v) is 8.10. The Morgan fingerprint density at radius 2 is 1.88 bits per heavy atom. The van der Waals surface area contributed by atoms with Gasteiger partial charge in [-0.3, -0.25) is 4.79 Å². The van der Waals surface area contributed by atoms with Gasteiger partial charge < -0.3 is 44.1 Å². The molecule has 10 heteroatoms.